The van der Waals surface area contributed by atoms with Crippen LogP contribution in [0.15, 0.2) is 34.0 Å². The summed E-state index contributed by atoms with van der Waals surface area (Å²) in [5.74, 6) is 1.03. The number of benzene rings is 1. The van der Waals surface area contributed by atoms with Crippen LogP contribution in [-0.4, -0.2) is 69.6 Å². The summed E-state index contributed by atoms with van der Waals surface area (Å²) in [4.78, 5) is 49.1. The SMILES string of the molecule is CNC(=O)CCn1c(=O)c(=O)n(CC2COC2)c2ccc(Nc3nc(N4C[C@H](C)C[C@H](O)C4)ncc3Cl)cc21. The Morgan fingerprint density at radius 3 is 2.64 bits per heavy atom. The van der Waals surface area contributed by atoms with E-state index in [1.54, 1.807) is 18.2 Å². The van der Waals surface area contributed by atoms with Gasteiger partial charge >= 0.3 is 11.1 Å². The first-order valence-electron chi connectivity index (χ1n) is 13.0. The molecule has 0 saturated carbocycles. The van der Waals surface area contributed by atoms with E-state index in [1.165, 1.54) is 22.4 Å². The minimum Gasteiger partial charge on any atom is -0.391 e. The van der Waals surface area contributed by atoms with Gasteiger partial charge in [-0.1, -0.05) is 18.5 Å². The van der Waals surface area contributed by atoms with Crippen molar-refractivity contribution in [1.29, 1.82) is 0 Å². The average Bonchev–Trinajstić information content (AvgIpc) is 2.88. The highest BCUT2D eigenvalue weighted by Gasteiger charge is 2.26. The third-order valence-electron chi connectivity index (χ3n) is 7.13. The molecule has 1 amide bonds. The molecule has 2 aromatic heterocycles. The third kappa shape index (κ3) is 5.77. The van der Waals surface area contributed by atoms with Gasteiger partial charge in [0, 0.05) is 51.3 Å². The van der Waals surface area contributed by atoms with Gasteiger partial charge in [0.1, 0.15) is 5.02 Å². The van der Waals surface area contributed by atoms with E-state index >= 15 is 0 Å². The van der Waals surface area contributed by atoms with E-state index in [1.807, 2.05) is 4.90 Å². The Labute approximate surface area is 229 Å². The zero-order valence-corrected chi connectivity index (χ0v) is 22.6. The van der Waals surface area contributed by atoms with E-state index in [9.17, 15) is 19.5 Å². The number of piperidine rings is 1. The van der Waals surface area contributed by atoms with Crippen LogP contribution in [0.1, 0.15) is 19.8 Å². The zero-order valence-electron chi connectivity index (χ0n) is 21.9. The van der Waals surface area contributed by atoms with Crippen molar-refractivity contribution in [2.45, 2.75) is 39.0 Å². The van der Waals surface area contributed by atoms with Gasteiger partial charge in [-0.3, -0.25) is 14.4 Å². The van der Waals surface area contributed by atoms with Crippen LogP contribution in [-0.2, 0) is 22.6 Å². The largest absolute Gasteiger partial charge is 0.391 e. The number of halogens is 1. The van der Waals surface area contributed by atoms with Gasteiger partial charge in [0.05, 0.1) is 36.5 Å². The van der Waals surface area contributed by atoms with Gasteiger partial charge in [-0.25, -0.2) is 4.98 Å². The lowest BCUT2D eigenvalue weighted by Gasteiger charge is -2.34. The van der Waals surface area contributed by atoms with E-state index in [0.29, 0.717) is 65.7 Å². The van der Waals surface area contributed by atoms with Crippen LogP contribution in [0.5, 0.6) is 0 Å². The third-order valence-corrected chi connectivity index (χ3v) is 7.41. The molecule has 39 heavy (non-hydrogen) atoms. The lowest BCUT2D eigenvalue weighted by Crippen LogP contribution is -2.44. The molecule has 3 N–H and O–H groups in total. The van der Waals surface area contributed by atoms with Crippen molar-refractivity contribution >= 4 is 46.0 Å². The number of hydrogen-bond donors (Lipinski definition) is 3. The molecule has 0 unspecified atom stereocenters. The molecule has 1 aromatic carbocycles. The van der Waals surface area contributed by atoms with Crippen LogP contribution in [0.3, 0.4) is 0 Å². The normalized spacial score (nSPS) is 19.6. The Balaban J connectivity index is 1.52. The van der Waals surface area contributed by atoms with Crippen LogP contribution >= 0.6 is 11.6 Å². The molecular weight excluding hydrogens is 526 g/mol. The fraction of sp³-hybridized carbons (Fsp3) is 0.500. The molecule has 2 saturated heterocycles. The van der Waals surface area contributed by atoms with Crippen molar-refractivity contribution in [3.8, 4) is 0 Å². The van der Waals surface area contributed by atoms with E-state index in [4.69, 9.17) is 16.3 Å². The zero-order chi connectivity index (χ0) is 27.7. The lowest BCUT2D eigenvalue weighted by molar-refractivity contribution is -0.120. The fourth-order valence-electron chi connectivity index (χ4n) is 5.10. The number of fused-ring (bicyclic) bond motifs is 1. The molecule has 12 nitrogen and oxygen atoms in total. The molecule has 0 radical (unpaired) electrons. The topological polar surface area (TPSA) is 144 Å². The molecule has 0 spiro atoms. The molecule has 13 heteroatoms. The highest BCUT2D eigenvalue weighted by Crippen LogP contribution is 2.28. The van der Waals surface area contributed by atoms with Crippen LogP contribution in [0.25, 0.3) is 11.0 Å². The van der Waals surface area contributed by atoms with Crippen molar-refractivity contribution in [2.24, 2.45) is 11.8 Å². The minimum atomic E-state index is -0.691. The van der Waals surface area contributed by atoms with E-state index < -0.39 is 17.2 Å². The summed E-state index contributed by atoms with van der Waals surface area (Å²) in [7, 11) is 1.52. The Kier molecular flexibility index (Phi) is 7.87. The first kappa shape index (κ1) is 27.1. The molecule has 0 bridgehead atoms. The number of aromatic nitrogens is 4. The fourth-order valence-corrected chi connectivity index (χ4v) is 5.24. The molecule has 2 fully saturated rings. The number of anilines is 3. The van der Waals surface area contributed by atoms with Crippen LogP contribution in [0, 0.1) is 11.8 Å². The number of aliphatic hydroxyl groups excluding tert-OH is 1. The number of nitrogens with one attached hydrogen (secondary N) is 2. The Hall–Kier alpha value is -3.48. The van der Waals surface area contributed by atoms with Crippen molar-refractivity contribution < 1.29 is 14.6 Å². The summed E-state index contributed by atoms with van der Waals surface area (Å²) >= 11 is 6.43. The molecule has 2 aliphatic heterocycles. The molecule has 3 aromatic rings. The number of rotatable bonds is 8. The van der Waals surface area contributed by atoms with Gasteiger partial charge in [0.2, 0.25) is 11.9 Å². The monoisotopic (exact) mass is 557 g/mol. The number of carbonyl (C=O) groups is 1. The lowest BCUT2D eigenvalue weighted by atomic mass is 9.98. The predicted molar refractivity (Wildman–Crippen MR) is 148 cm³/mol. The standard InChI is InChI=1S/C26H32ClN7O5/c1-15-7-18(35)12-32(10-15)26-29-9-19(27)23(31-26)30-17-3-4-20-21(8-17)33(6-5-22(36)28-2)24(37)25(38)34(20)11-16-13-39-14-16/h3-4,8-9,15-16,18,35H,5-7,10-14H2,1-2H3,(H,28,36)(H,29,30,31)/t15-,18+/m1/s1. The van der Waals surface area contributed by atoms with E-state index in [0.717, 1.165) is 13.0 Å². The van der Waals surface area contributed by atoms with Gasteiger partial charge < -0.3 is 34.5 Å². The minimum absolute atomic E-state index is 0.0459. The summed E-state index contributed by atoms with van der Waals surface area (Å²) in [6, 6.07) is 5.31. The number of β-amino-alcohol motifs (C(OH)–C–C–N with tert-alkyl or cyclic N) is 1. The number of ether oxygens (including phenoxy) is 1. The summed E-state index contributed by atoms with van der Waals surface area (Å²) in [6.45, 7) is 4.71. The number of carbonyl (C=O) groups excluding carboxylic acids is 1. The Bertz CT molecular complexity index is 1490. The van der Waals surface area contributed by atoms with Crippen molar-refractivity contribution in [1.82, 2.24) is 24.4 Å². The maximum absolute atomic E-state index is 13.2. The molecule has 2 aliphatic rings. The number of nitrogens with zero attached hydrogens (tertiary/aromatic N) is 5. The van der Waals surface area contributed by atoms with E-state index in [-0.39, 0.29) is 24.8 Å². The van der Waals surface area contributed by atoms with Crippen LogP contribution < -0.4 is 26.7 Å². The first-order valence-corrected chi connectivity index (χ1v) is 13.4. The maximum Gasteiger partial charge on any atom is 0.316 e. The van der Waals surface area contributed by atoms with Crippen molar-refractivity contribution in [3.63, 3.8) is 0 Å². The molecule has 5 rings (SSSR count). The van der Waals surface area contributed by atoms with Crippen molar-refractivity contribution in [3.05, 3.63) is 50.1 Å². The van der Waals surface area contributed by atoms with Gasteiger partial charge in [-0.05, 0) is 30.5 Å². The molecule has 0 aliphatic carbocycles. The molecule has 208 valence electrons. The Morgan fingerprint density at radius 1 is 1.18 bits per heavy atom. The molecule has 4 heterocycles. The number of aryl methyl sites for hydroxylation is 1. The molecule has 2 atom stereocenters. The molecular formula is C26H32ClN7O5. The summed E-state index contributed by atoms with van der Waals surface area (Å²) < 4.78 is 8.09. The van der Waals surface area contributed by atoms with Gasteiger partial charge in [0.15, 0.2) is 5.82 Å². The second-order valence-electron chi connectivity index (χ2n) is 10.3. The maximum atomic E-state index is 13.2. The number of hydrogen-bond acceptors (Lipinski definition) is 9. The summed E-state index contributed by atoms with van der Waals surface area (Å²) in [6.07, 6.45) is 1.83. The highest BCUT2D eigenvalue weighted by molar-refractivity contribution is 6.32. The second kappa shape index (κ2) is 11.3. The van der Waals surface area contributed by atoms with Crippen molar-refractivity contribution in [2.75, 3.05) is 43.6 Å². The number of amides is 1. The number of aliphatic hydroxyl groups is 1. The van der Waals surface area contributed by atoms with Gasteiger partial charge in [-0.15, -0.1) is 0 Å². The van der Waals surface area contributed by atoms with Gasteiger partial charge in [0.25, 0.3) is 0 Å². The Morgan fingerprint density at radius 2 is 1.95 bits per heavy atom. The predicted octanol–water partition coefficient (Wildman–Crippen LogP) is 1.34. The smallest absolute Gasteiger partial charge is 0.316 e. The average molecular weight is 558 g/mol. The quantitative estimate of drug-likeness (QED) is 0.349. The summed E-state index contributed by atoms with van der Waals surface area (Å²) in [5.41, 5.74) is 0.357. The second-order valence-corrected chi connectivity index (χ2v) is 10.7. The van der Waals surface area contributed by atoms with Gasteiger partial charge in [-0.2, -0.15) is 4.98 Å². The van der Waals surface area contributed by atoms with E-state index in [2.05, 4.69) is 27.5 Å². The summed E-state index contributed by atoms with van der Waals surface area (Å²) in [5, 5.41) is 16.3. The first-order chi connectivity index (χ1) is 18.7. The van der Waals surface area contributed by atoms with Crippen LogP contribution in [0.4, 0.5) is 17.5 Å². The van der Waals surface area contributed by atoms with Crippen LogP contribution in [0.2, 0.25) is 5.02 Å². The highest BCUT2D eigenvalue weighted by atomic mass is 35.5.